The Kier molecular flexibility index (Phi) is 2.97. The number of rotatable bonds is 3. The maximum atomic E-state index is 10.7. The Balaban J connectivity index is 3.03. The highest BCUT2D eigenvalue weighted by molar-refractivity contribution is 6.42. The summed E-state index contributed by atoms with van der Waals surface area (Å²) in [6.45, 7) is 0. The molecule has 0 unspecified atom stereocenters. The molecule has 0 aliphatic rings. The monoisotopic (exact) mass is 180 g/mol. The molecule has 0 saturated heterocycles. The quantitative estimate of drug-likeness (QED) is 0.543. The first-order chi connectivity index (χ1) is 6.25. The van der Waals surface area contributed by atoms with Gasteiger partial charge in [0.2, 0.25) is 0 Å². The first kappa shape index (κ1) is 9.18. The van der Waals surface area contributed by atoms with E-state index in [1.807, 2.05) is 0 Å². The van der Waals surface area contributed by atoms with E-state index in [1.54, 1.807) is 18.3 Å². The molecule has 5 nitrogen and oxygen atoms in total. The molecule has 0 bridgehead atoms. The smallest absolute Gasteiger partial charge is 0.358 e. The van der Waals surface area contributed by atoms with Gasteiger partial charge >= 0.3 is 5.97 Å². The zero-order valence-corrected chi connectivity index (χ0v) is 6.97. The number of carbonyl (C=O) groups is 1. The molecular formula is C8H8N2O3. The molecule has 0 radical (unpaired) electrons. The van der Waals surface area contributed by atoms with Gasteiger partial charge in [-0.2, -0.15) is 0 Å². The number of pyridine rings is 1. The lowest BCUT2D eigenvalue weighted by molar-refractivity contribution is -0.129. The minimum atomic E-state index is -1.14. The Labute approximate surface area is 74.7 Å². The Morgan fingerprint density at radius 2 is 2.46 bits per heavy atom. The highest BCUT2D eigenvalue weighted by Crippen LogP contribution is 1.99. The lowest BCUT2D eigenvalue weighted by Crippen LogP contribution is -2.14. The van der Waals surface area contributed by atoms with E-state index in [9.17, 15) is 4.79 Å². The molecule has 0 aliphatic heterocycles. The molecule has 1 rings (SSSR count). The van der Waals surface area contributed by atoms with E-state index in [0.29, 0.717) is 5.56 Å². The number of carboxylic acids is 1. The fraction of sp³-hybridized carbons (Fsp3) is 0.125. The second-order valence-electron chi connectivity index (χ2n) is 2.17. The van der Waals surface area contributed by atoms with Gasteiger partial charge in [-0.1, -0.05) is 5.16 Å². The molecule has 1 N–H and O–H groups in total. The fourth-order valence-electron chi connectivity index (χ4n) is 0.809. The molecule has 1 aromatic heterocycles. The summed E-state index contributed by atoms with van der Waals surface area (Å²) in [4.78, 5) is 18.8. The molecule has 1 heterocycles. The van der Waals surface area contributed by atoms with Crippen LogP contribution in [-0.2, 0) is 9.63 Å². The van der Waals surface area contributed by atoms with Gasteiger partial charge in [0.05, 0.1) is 0 Å². The molecule has 0 amide bonds. The highest BCUT2D eigenvalue weighted by atomic mass is 16.6. The van der Waals surface area contributed by atoms with Crippen molar-refractivity contribution in [2.24, 2.45) is 5.16 Å². The first-order valence-electron chi connectivity index (χ1n) is 3.50. The van der Waals surface area contributed by atoms with E-state index < -0.39 is 5.97 Å². The van der Waals surface area contributed by atoms with Gasteiger partial charge in [-0.25, -0.2) is 4.79 Å². The van der Waals surface area contributed by atoms with Crippen molar-refractivity contribution >= 4 is 11.7 Å². The predicted molar refractivity (Wildman–Crippen MR) is 45.4 cm³/mol. The van der Waals surface area contributed by atoms with Crippen LogP contribution in [-0.4, -0.2) is 28.9 Å². The summed E-state index contributed by atoms with van der Waals surface area (Å²) in [5, 5.41) is 12.1. The standard InChI is InChI=1S/C8H8N2O3/c1-13-10-7(8(11)12)6-3-2-4-9-5-6/h2-5H,1H3,(H,11,12). The second kappa shape index (κ2) is 4.20. The summed E-state index contributed by atoms with van der Waals surface area (Å²) in [5.74, 6) is -1.14. The number of nitrogens with zero attached hydrogens (tertiary/aromatic N) is 2. The fourth-order valence-corrected chi connectivity index (χ4v) is 0.809. The van der Waals surface area contributed by atoms with Crippen molar-refractivity contribution in [1.29, 1.82) is 0 Å². The summed E-state index contributed by atoms with van der Waals surface area (Å²) < 4.78 is 0. The summed E-state index contributed by atoms with van der Waals surface area (Å²) in [6, 6.07) is 3.22. The third-order valence-electron chi connectivity index (χ3n) is 1.32. The minimum absolute atomic E-state index is 0.157. The molecule has 0 saturated carbocycles. The lowest BCUT2D eigenvalue weighted by atomic mass is 10.2. The molecule has 1 aromatic rings. The van der Waals surface area contributed by atoms with Crippen LogP contribution < -0.4 is 0 Å². The number of aromatic nitrogens is 1. The normalized spacial score (nSPS) is 11.0. The number of oxime groups is 1. The van der Waals surface area contributed by atoms with Gasteiger partial charge in [0, 0.05) is 18.0 Å². The van der Waals surface area contributed by atoms with Gasteiger partial charge < -0.3 is 9.94 Å². The average molecular weight is 180 g/mol. The third-order valence-corrected chi connectivity index (χ3v) is 1.32. The Bertz CT molecular complexity index is 321. The number of hydrogen-bond donors (Lipinski definition) is 1. The van der Waals surface area contributed by atoms with E-state index in [2.05, 4.69) is 15.0 Å². The van der Waals surface area contributed by atoms with Gasteiger partial charge in [0.15, 0.2) is 5.71 Å². The van der Waals surface area contributed by atoms with Crippen molar-refractivity contribution in [3.8, 4) is 0 Å². The summed E-state index contributed by atoms with van der Waals surface area (Å²) >= 11 is 0. The number of aliphatic carboxylic acids is 1. The Morgan fingerprint density at radius 1 is 1.69 bits per heavy atom. The zero-order valence-electron chi connectivity index (χ0n) is 6.97. The maximum absolute atomic E-state index is 10.7. The van der Waals surface area contributed by atoms with Crippen molar-refractivity contribution in [2.45, 2.75) is 0 Å². The lowest BCUT2D eigenvalue weighted by Gasteiger charge is -1.98. The second-order valence-corrected chi connectivity index (χ2v) is 2.17. The molecule has 0 aliphatic carbocycles. The van der Waals surface area contributed by atoms with Gasteiger partial charge in [-0.05, 0) is 12.1 Å². The van der Waals surface area contributed by atoms with Crippen LogP contribution >= 0.6 is 0 Å². The van der Waals surface area contributed by atoms with Gasteiger partial charge in [0.25, 0.3) is 0 Å². The van der Waals surface area contributed by atoms with Crippen LogP contribution in [0.25, 0.3) is 0 Å². The van der Waals surface area contributed by atoms with Crippen molar-refractivity contribution in [3.63, 3.8) is 0 Å². The largest absolute Gasteiger partial charge is 0.476 e. The minimum Gasteiger partial charge on any atom is -0.476 e. The average Bonchev–Trinajstić information content (AvgIpc) is 2.15. The van der Waals surface area contributed by atoms with Gasteiger partial charge in [-0.15, -0.1) is 0 Å². The highest BCUT2D eigenvalue weighted by Gasteiger charge is 2.12. The molecule has 13 heavy (non-hydrogen) atoms. The van der Waals surface area contributed by atoms with Crippen LogP contribution in [0.1, 0.15) is 5.56 Å². The van der Waals surface area contributed by atoms with E-state index in [0.717, 1.165) is 0 Å². The summed E-state index contributed by atoms with van der Waals surface area (Å²) in [7, 11) is 1.29. The van der Waals surface area contributed by atoms with Crippen molar-refractivity contribution < 1.29 is 14.7 Å². The van der Waals surface area contributed by atoms with Crippen LogP contribution in [0.4, 0.5) is 0 Å². The van der Waals surface area contributed by atoms with Crippen LogP contribution in [0.2, 0.25) is 0 Å². The Morgan fingerprint density at radius 3 is 2.92 bits per heavy atom. The zero-order chi connectivity index (χ0) is 9.68. The van der Waals surface area contributed by atoms with E-state index in [-0.39, 0.29) is 5.71 Å². The Hall–Kier alpha value is -1.91. The van der Waals surface area contributed by atoms with E-state index in [1.165, 1.54) is 13.3 Å². The molecule has 0 atom stereocenters. The molecule has 0 spiro atoms. The van der Waals surface area contributed by atoms with E-state index >= 15 is 0 Å². The number of carboxylic acid groups (broad SMARTS) is 1. The summed E-state index contributed by atoms with van der Waals surface area (Å²) in [5.41, 5.74) is 0.257. The molecular weight excluding hydrogens is 172 g/mol. The van der Waals surface area contributed by atoms with Crippen LogP contribution in [0.15, 0.2) is 29.7 Å². The summed E-state index contributed by atoms with van der Waals surface area (Å²) in [6.07, 6.45) is 2.96. The van der Waals surface area contributed by atoms with Crippen molar-refractivity contribution in [1.82, 2.24) is 4.98 Å². The topological polar surface area (TPSA) is 71.8 Å². The molecule has 68 valence electrons. The van der Waals surface area contributed by atoms with E-state index in [4.69, 9.17) is 5.11 Å². The SMILES string of the molecule is CON=C(C(=O)O)c1cccnc1. The van der Waals surface area contributed by atoms with Crippen LogP contribution in [0.3, 0.4) is 0 Å². The molecule has 5 heteroatoms. The molecule has 0 aromatic carbocycles. The van der Waals surface area contributed by atoms with Crippen molar-refractivity contribution in [3.05, 3.63) is 30.1 Å². The van der Waals surface area contributed by atoms with Crippen LogP contribution in [0.5, 0.6) is 0 Å². The van der Waals surface area contributed by atoms with Gasteiger partial charge in [0.1, 0.15) is 7.11 Å². The van der Waals surface area contributed by atoms with Gasteiger partial charge in [-0.3, -0.25) is 4.98 Å². The maximum Gasteiger partial charge on any atom is 0.358 e. The number of hydrogen-bond acceptors (Lipinski definition) is 4. The first-order valence-corrected chi connectivity index (χ1v) is 3.50. The van der Waals surface area contributed by atoms with Crippen LogP contribution in [0, 0.1) is 0 Å². The van der Waals surface area contributed by atoms with Crippen molar-refractivity contribution in [2.75, 3.05) is 7.11 Å². The predicted octanol–water partition coefficient (Wildman–Crippen LogP) is 0.517. The molecule has 0 fully saturated rings. The third kappa shape index (κ3) is 2.26.